The largest absolute Gasteiger partial charge is 0.274 e. The van der Waals surface area contributed by atoms with E-state index in [1.807, 2.05) is 4.72 Å². The molecule has 1 amide bonds. The fraction of sp³-hybridized carbons (Fsp3) is 0.364. The van der Waals surface area contributed by atoms with Gasteiger partial charge >= 0.3 is 0 Å². The normalized spacial score (nSPS) is 16.1. The molecule has 2 rings (SSSR count). The van der Waals surface area contributed by atoms with Crippen molar-refractivity contribution in [2.75, 3.05) is 0 Å². The van der Waals surface area contributed by atoms with E-state index in [2.05, 4.69) is 0 Å². The zero-order valence-corrected chi connectivity index (χ0v) is 10.1. The molecule has 18 heavy (non-hydrogen) atoms. The number of halogens is 2. The van der Waals surface area contributed by atoms with Crippen LogP contribution in [0.4, 0.5) is 8.78 Å². The Balaban J connectivity index is 2.19. The predicted octanol–water partition coefficient (Wildman–Crippen LogP) is 1.57. The summed E-state index contributed by atoms with van der Waals surface area (Å²) in [6.45, 7) is 0. The van der Waals surface area contributed by atoms with Gasteiger partial charge in [0.05, 0.1) is 4.90 Å². The van der Waals surface area contributed by atoms with E-state index in [1.165, 1.54) is 0 Å². The van der Waals surface area contributed by atoms with Crippen LogP contribution in [-0.4, -0.2) is 14.3 Å². The van der Waals surface area contributed by atoms with Gasteiger partial charge in [-0.05, 0) is 31.0 Å². The van der Waals surface area contributed by atoms with Gasteiger partial charge in [0.2, 0.25) is 5.91 Å². The zero-order valence-electron chi connectivity index (χ0n) is 9.32. The Kier molecular flexibility index (Phi) is 3.34. The fourth-order valence-corrected chi connectivity index (χ4v) is 2.64. The van der Waals surface area contributed by atoms with Gasteiger partial charge in [-0.2, -0.15) is 0 Å². The lowest BCUT2D eigenvalue weighted by molar-refractivity contribution is -0.125. The highest BCUT2D eigenvalue weighted by Gasteiger charge is 2.29. The first-order chi connectivity index (χ1) is 8.40. The third-order valence-corrected chi connectivity index (χ3v) is 4.26. The molecule has 1 aromatic carbocycles. The minimum atomic E-state index is -4.13. The standard InChI is InChI=1S/C11H11F2NO3S/c12-9-5-4-8(6-10(9)13)18(16,17)14-11(15)7-2-1-3-7/h4-7H,1-3H2,(H,14,15). The monoisotopic (exact) mass is 275 g/mol. The summed E-state index contributed by atoms with van der Waals surface area (Å²) >= 11 is 0. The van der Waals surface area contributed by atoms with Crippen LogP contribution < -0.4 is 4.72 Å². The van der Waals surface area contributed by atoms with Gasteiger partial charge in [0.25, 0.3) is 10.0 Å². The zero-order chi connectivity index (χ0) is 13.3. The SMILES string of the molecule is O=C(NS(=O)(=O)c1ccc(F)c(F)c1)C1CCC1. The van der Waals surface area contributed by atoms with Crippen molar-refractivity contribution in [1.82, 2.24) is 4.72 Å². The maximum atomic E-state index is 12.9. The summed E-state index contributed by atoms with van der Waals surface area (Å²) in [4.78, 5) is 11.0. The molecular weight excluding hydrogens is 264 g/mol. The lowest BCUT2D eigenvalue weighted by Gasteiger charge is -2.23. The van der Waals surface area contributed by atoms with E-state index < -0.39 is 32.5 Å². The van der Waals surface area contributed by atoms with E-state index >= 15 is 0 Å². The van der Waals surface area contributed by atoms with E-state index in [4.69, 9.17) is 0 Å². The van der Waals surface area contributed by atoms with Crippen molar-refractivity contribution in [3.8, 4) is 0 Å². The molecule has 1 aliphatic carbocycles. The van der Waals surface area contributed by atoms with Crippen molar-refractivity contribution in [3.63, 3.8) is 0 Å². The molecule has 1 aliphatic rings. The number of hydrogen-bond donors (Lipinski definition) is 1. The summed E-state index contributed by atoms with van der Waals surface area (Å²) in [6.07, 6.45) is 2.20. The molecule has 0 atom stereocenters. The van der Waals surface area contributed by atoms with Crippen LogP contribution in [0.2, 0.25) is 0 Å². The number of hydrogen-bond acceptors (Lipinski definition) is 3. The lowest BCUT2D eigenvalue weighted by atomic mass is 9.85. The number of carbonyl (C=O) groups is 1. The van der Waals surface area contributed by atoms with Gasteiger partial charge in [-0.15, -0.1) is 0 Å². The molecular formula is C11H11F2NO3S. The molecule has 98 valence electrons. The van der Waals surface area contributed by atoms with Crippen LogP contribution in [0.15, 0.2) is 23.1 Å². The molecule has 0 bridgehead atoms. The maximum Gasteiger partial charge on any atom is 0.264 e. The number of sulfonamides is 1. The molecule has 1 saturated carbocycles. The summed E-state index contributed by atoms with van der Waals surface area (Å²) in [5.41, 5.74) is 0. The topological polar surface area (TPSA) is 63.2 Å². The average molecular weight is 275 g/mol. The Morgan fingerprint density at radius 3 is 2.39 bits per heavy atom. The molecule has 0 unspecified atom stereocenters. The van der Waals surface area contributed by atoms with Crippen LogP contribution in [0.5, 0.6) is 0 Å². The molecule has 0 heterocycles. The van der Waals surface area contributed by atoms with Crippen molar-refractivity contribution in [1.29, 1.82) is 0 Å². The molecule has 7 heteroatoms. The quantitative estimate of drug-likeness (QED) is 0.910. The number of carbonyl (C=O) groups excluding carboxylic acids is 1. The van der Waals surface area contributed by atoms with Crippen molar-refractivity contribution in [2.24, 2.45) is 5.92 Å². The second kappa shape index (κ2) is 4.64. The number of amides is 1. The van der Waals surface area contributed by atoms with E-state index in [-0.39, 0.29) is 5.92 Å². The van der Waals surface area contributed by atoms with E-state index in [1.54, 1.807) is 0 Å². The first-order valence-corrected chi connectivity index (χ1v) is 6.90. The fourth-order valence-electron chi connectivity index (χ4n) is 1.59. The molecule has 0 aromatic heterocycles. The maximum absolute atomic E-state index is 12.9. The van der Waals surface area contributed by atoms with Crippen LogP contribution in [0.25, 0.3) is 0 Å². The van der Waals surface area contributed by atoms with Crippen molar-refractivity contribution < 1.29 is 22.0 Å². The first-order valence-electron chi connectivity index (χ1n) is 5.42. The van der Waals surface area contributed by atoms with Gasteiger partial charge < -0.3 is 0 Å². The summed E-state index contributed by atoms with van der Waals surface area (Å²) < 4.78 is 50.9. The third kappa shape index (κ3) is 2.50. The second-order valence-electron chi connectivity index (χ2n) is 4.17. The Labute approximate surface area is 103 Å². The molecule has 0 radical (unpaired) electrons. The molecule has 1 fully saturated rings. The molecule has 4 nitrogen and oxygen atoms in total. The molecule has 0 spiro atoms. The van der Waals surface area contributed by atoms with Crippen LogP contribution in [-0.2, 0) is 14.8 Å². The molecule has 0 aliphatic heterocycles. The van der Waals surface area contributed by atoms with Crippen molar-refractivity contribution >= 4 is 15.9 Å². The third-order valence-electron chi connectivity index (χ3n) is 2.91. The van der Waals surface area contributed by atoms with E-state index in [0.29, 0.717) is 25.0 Å². The number of rotatable bonds is 3. The van der Waals surface area contributed by atoms with Gasteiger partial charge in [0.1, 0.15) is 0 Å². The predicted molar refractivity (Wildman–Crippen MR) is 59.0 cm³/mol. The van der Waals surface area contributed by atoms with E-state index in [9.17, 15) is 22.0 Å². The minimum Gasteiger partial charge on any atom is -0.274 e. The van der Waals surface area contributed by atoms with Crippen molar-refractivity contribution in [2.45, 2.75) is 24.2 Å². The van der Waals surface area contributed by atoms with Crippen LogP contribution in [0.1, 0.15) is 19.3 Å². The Morgan fingerprint density at radius 2 is 1.89 bits per heavy atom. The summed E-state index contributed by atoms with van der Waals surface area (Å²) in [6, 6.07) is 2.16. The summed E-state index contributed by atoms with van der Waals surface area (Å²) in [5, 5.41) is 0. The highest BCUT2D eigenvalue weighted by molar-refractivity contribution is 7.90. The average Bonchev–Trinajstić information content (AvgIpc) is 2.18. The van der Waals surface area contributed by atoms with Gasteiger partial charge in [-0.25, -0.2) is 21.9 Å². The molecule has 1 aromatic rings. The van der Waals surface area contributed by atoms with Crippen LogP contribution in [0.3, 0.4) is 0 Å². The number of nitrogens with one attached hydrogen (secondary N) is 1. The van der Waals surface area contributed by atoms with Gasteiger partial charge in [-0.3, -0.25) is 4.79 Å². The van der Waals surface area contributed by atoms with Gasteiger partial charge in [0, 0.05) is 5.92 Å². The first kappa shape index (κ1) is 12.9. The number of benzene rings is 1. The lowest BCUT2D eigenvalue weighted by Crippen LogP contribution is -2.38. The Bertz CT molecular complexity index is 582. The molecule has 0 saturated heterocycles. The van der Waals surface area contributed by atoms with Crippen LogP contribution in [0, 0.1) is 17.6 Å². The highest BCUT2D eigenvalue weighted by Crippen LogP contribution is 2.26. The van der Waals surface area contributed by atoms with Crippen molar-refractivity contribution in [3.05, 3.63) is 29.8 Å². The Morgan fingerprint density at radius 1 is 1.22 bits per heavy atom. The second-order valence-corrected chi connectivity index (χ2v) is 5.86. The van der Waals surface area contributed by atoms with E-state index in [0.717, 1.165) is 12.5 Å². The minimum absolute atomic E-state index is 0.301. The van der Waals surface area contributed by atoms with Gasteiger partial charge in [0.15, 0.2) is 11.6 Å². The summed E-state index contributed by atoms with van der Waals surface area (Å²) in [5.74, 6) is -3.30. The smallest absolute Gasteiger partial charge is 0.264 e. The Hall–Kier alpha value is -1.50. The van der Waals surface area contributed by atoms with Crippen LogP contribution >= 0.6 is 0 Å². The van der Waals surface area contributed by atoms with Gasteiger partial charge in [-0.1, -0.05) is 6.42 Å². The highest BCUT2D eigenvalue weighted by atomic mass is 32.2. The molecule has 1 N–H and O–H groups in total. The summed E-state index contributed by atoms with van der Waals surface area (Å²) in [7, 11) is -4.13.